The standard InChI is InChI=1S/C25H20N2O4/c1-14-9-10-19-17(12-14)25(23(30)26-19)24(18(13-27(25)2)20-8-5-11-31-20)21(28)15-6-3-4-7-16(15)22(24)29/h3-12,18H,13H2,1-2H3,(H,26,30)/t18-,25-/m1/s1. The van der Waals surface area contributed by atoms with Crippen LogP contribution in [0.15, 0.2) is 65.3 Å². The van der Waals surface area contributed by atoms with Crippen molar-refractivity contribution in [2.45, 2.75) is 18.4 Å². The normalized spacial score (nSPS) is 26.0. The van der Waals surface area contributed by atoms with E-state index in [0.717, 1.165) is 5.56 Å². The molecule has 3 aliphatic rings. The van der Waals surface area contributed by atoms with Crippen molar-refractivity contribution < 1.29 is 18.8 Å². The average Bonchev–Trinajstić information content (AvgIpc) is 3.49. The lowest BCUT2D eigenvalue weighted by atomic mass is 9.59. The first-order valence-corrected chi connectivity index (χ1v) is 10.3. The van der Waals surface area contributed by atoms with Crippen molar-refractivity contribution in [3.63, 3.8) is 0 Å². The number of benzene rings is 2. The Morgan fingerprint density at radius 1 is 1.00 bits per heavy atom. The fourth-order valence-electron chi connectivity index (χ4n) is 6.12. The summed E-state index contributed by atoms with van der Waals surface area (Å²) in [6.45, 7) is 2.27. The first-order chi connectivity index (χ1) is 14.9. The number of nitrogens with one attached hydrogen (secondary N) is 1. The van der Waals surface area contributed by atoms with Gasteiger partial charge in [0.1, 0.15) is 16.7 Å². The van der Waals surface area contributed by atoms with E-state index in [9.17, 15) is 14.4 Å². The van der Waals surface area contributed by atoms with E-state index in [1.54, 1.807) is 36.4 Å². The number of anilines is 1. The smallest absolute Gasteiger partial charge is 0.251 e. The number of Topliss-reactive ketones (excluding diaryl/α,β-unsaturated/α-hetero) is 2. The van der Waals surface area contributed by atoms with E-state index in [4.69, 9.17) is 4.42 Å². The van der Waals surface area contributed by atoms with Gasteiger partial charge in [-0.15, -0.1) is 0 Å². The summed E-state index contributed by atoms with van der Waals surface area (Å²) in [5.74, 6) is -1.05. The third-order valence-corrected chi connectivity index (χ3v) is 7.28. The second-order valence-electron chi connectivity index (χ2n) is 8.67. The van der Waals surface area contributed by atoms with Crippen molar-refractivity contribution in [1.29, 1.82) is 0 Å². The highest BCUT2D eigenvalue weighted by Gasteiger charge is 2.79. The second kappa shape index (κ2) is 5.80. The van der Waals surface area contributed by atoms with Gasteiger partial charge in [-0.3, -0.25) is 19.3 Å². The van der Waals surface area contributed by atoms with Crippen LogP contribution in [0.5, 0.6) is 0 Å². The summed E-state index contributed by atoms with van der Waals surface area (Å²) in [6, 6.07) is 16.1. The molecule has 31 heavy (non-hydrogen) atoms. The molecular formula is C25H20N2O4. The van der Waals surface area contributed by atoms with Gasteiger partial charge >= 0.3 is 0 Å². The van der Waals surface area contributed by atoms with Crippen molar-refractivity contribution in [2.24, 2.45) is 5.41 Å². The van der Waals surface area contributed by atoms with Crippen LogP contribution < -0.4 is 5.32 Å². The fraction of sp³-hybridized carbons (Fsp3) is 0.240. The highest BCUT2D eigenvalue weighted by molar-refractivity contribution is 6.34. The Labute approximate surface area is 178 Å². The molecule has 1 saturated heterocycles. The highest BCUT2D eigenvalue weighted by atomic mass is 16.3. The van der Waals surface area contributed by atoms with Crippen LogP contribution in [0.3, 0.4) is 0 Å². The second-order valence-corrected chi connectivity index (χ2v) is 8.67. The summed E-state index contributed by atoms with van der Waals surface area (Å²) >= 11 is 0. The van der Waals surface area contributed by atoms with Gasteiger partial charge in [0.15, 0.2) is 11.6 Å². The van der Waals surface area contributed by atoms with E-state index in [1.807, 2.05) is 37.1 Å². The van der Waals surface area contributed by atoms with Gasteiger partial charge in [-0.25, -0.2) is 0 Å². The van der Waals surface area contributed by atoms with Crippen LogP contribution in [0, 0.1) is 12.3 Å². The third kappa shape index (κ3) is 1.86. The Bertz CT molecular complexity index is 1260. The van der Waals surface area contributed by atoms with Gasteiger partial charge in [0.05, 0.1) is 12.2 Å². The fourth-order valence-corrected chi connectivity index (χ4v) is 6.12. The number of hydrogen-bond donors (Lipinski definition) is 1. The zero-order chi connectivity index (χ0) is 21.5. The summed E-state index contributed by atoms with van der Waals surface area (Å²) in [4.78, 5) is 44.1. The van der Waals surface area contributed by atoms with Crippen molar-refractivity contribution in [3.8, 4) is 0 Å². The van der Waals surface area contributed by atoms with Crippen LogP contribution in [0.4, 0.5) is 5.69 Å². The van der Waals surface area contributed by atoms with Gasteiger partial charge in [0.2, 0.25) is 0 Å². The van der Waals surface area contributed by atoms with Crippen molar-refractivity contribution in [2.75, 3.05) is 18.9 Å². The Kier molecular flexibility index (Phi) is 3.42. The Hall–Kier alpha value is -3.51. The molecular weight excluding hydrogens is 392 g/mol. The van der Waals surface area contributed by atoms with Crippen LogP contribution in [-0.4, -0.2) is 36.0 Å². The maximum Gasteiger partial charge on any atom is 0.251 e. The predicted octanol–water partition coefficient (Wildman–Crippen LogP) is 3.53. The first-order valence-electron chi connectivity index (χ1n) is 10.3. The van der Waals surface area contributed by atoms with Crippen LogP contribution in [0.25, 0.3) is 0 Å². The molecule has 1 amide bonds. The quantitative estimate of drug-likeness (QED) is 0.619. The summed E-state index contributed by atoms with van der Waals surface area (Å²) in [5, 5.41) is 2.96. The summed E-state index contributed by atoms with van der Waals surface area (Å²) < 4.78 is 5.73. The van der Waals surface area contributed by atoms with Crippen LogP contribution in [0.1, 0.15) is 43.5 Å². The van der Waals surface area contributed by atoms with Gasteiger partial charge in [0, 0.05) is 28.9 Å². The molecule has 6 rings (SSSR count). The topological polar surface area (TPSA) is 79.6 Å². The molecule has 3 aromatic rings. The van der Waals surface area contributed by atoms with E-state index in [2.05, 4.69) is 5.32 Å². The molecule has 0 unspecified atom stereocenters. The molecule has 1 aliphatic carbocycles. The number of likely N-dealkylation sites (tertiary alicyclic amines) is 1. The van der Waals surface area contributed by atoms with Crippen molar-refractivity contribution in [3.05, 3.63) is 88.9 Å². The number of ketones is 2. The monoisotopic (exact) mass is 412 g/mol. The zero-order valence-corrected chi connectivity index (χ0v) is 17.1. The van der Waals surface area contributed by atoms with E-state index in [-0.39, 0.29) is 17.5 Å². The lowest BCUT2D eigenvalue weighted by Gasteiger charge is -2.41. The minimum Gasteiger partial charge on any atom is -0.469 e. The number of furan rings is 1. The molecule has 154 valence electrons. The van der Waals surface area contributed by atoms with Gasteiger partial charge in [-0.1, -0.05) is 42.0 Å². The van der Waals surface area contributed by atoms with Crippen LogP contribution >= 0.6 is 0 Å². The summed E-state index contributed by atoms with van der Waals surface area (Å²) in [5.41, 5.74) is -0.108. The Balaban J connectivity index is 1.75. The zero-order valence-electron chi connectivity index (χ0n) is 17.1. The predicted molar refractivity (Wildman–Crippen MR) is 113 cm³/mol. The van der Waals surface area contributed by atoms with E-state index >= 15 is 0 Å². The lowest BCUT2D eigenvalue weighted by Crippen LogP contribution is -2.60. The SMILES string of the molecule is Cc1ccc2c(c1)[C@]1(C(=O)N2)N(C)C[C@H](c2ccco2)C12C(=O)c1ccccc1C2=O. The maximum absolute atomic E-state index is 14.2. The summed E-state index contributed by atoms with van der Waals surface area (Å²) in [6.07, 6.45) is 1.54. The molecule has 2 atom stereocenters. The van der Waals surface area contributed by atoms with Gasteiger partial charge in [-0.2, -0.15) is 0 Å². The molecule has 0 bridgehead atoms. The number of likely N-dealkylation sites (N-methyl/N-ethyl adjacent to an activating group) is 1. The lowest BCUT2D eigenvalue weighted by molar-refractivity contribution is -0.128. The molecule has 2 aliphatic heterocycles. The number of carbonyl (C=O) groups excluding carboxylic acids is 3. The minimum atomic E-state index is -1.65. The van der Waals surface area contributed by atoms with Crippen LogP contribution in [-0.2, 0) is 10.3 Å². The number of carbonyl (C=O) groups is 3. The molecule has 0 saturated carbocycles. The molecule has 6 nitrogen and oxygen atoms in total. The molecule has 0 radical (unpaired) electrons. The number of rotatable bonds is 1. The maximum atomic E-state index is 14.2. The number of aryl methyl sites for hydroxylation is 1. The third-order valence-electron chi connectivity index (χ3n) is 7.28. The highest BCUT2D eigenvalue weighted by Crippen LogP contribution is 2.66. The van der Waals surface area contributed by atoms with Crippen molar-refractivity contribution in [1.82, 2.24) is 4.90 Å². The molecule has 1 aromatic heterocycles. The minimum absolute atomic E-state index is 0.316. The van der Waals surface area contributed by atoms with Gasteiger partial charge in [-0.05, 0) is 32.2 Å². The molecule has 1 fully saturated rings. The van der Waals surface area contributed by atoms with Crippen molar-refractivity contribution >= 4 is 23.2 Å². The Morgan fingerprint density at radius 2 is 1.71 bits per heavy atom. The molecule has 1 N–H and O–H groups in total. The largest absolute Gasteiger partial charge is 0.469 e. The van der Waals surface area contributed by atoms with E-state index in [0.29, 0.717) is 34.7 Å². The molecule has 2 spiro atoms. The molecule has 2 aromatic carbocycles. The number of nitrogens with zero attached hydrogens (tertiary/aromatic N) is 1. The average molecular weight is 412 g/mol. The molecule has 6 heteroatoms. The first kappa shape index (κ1) is 18.3. The number of hydrogen-bond acceptors (Lipinski definition) is 5. The van der Waals surface area contributed by atoms with Gasteiger partial charge in [0.25, 0.3) is 5.91 Å². The number of fused-ring (bicyclic) bond motifs is 4. The van der Waals surface area contributed by atoms with E-state index < -0.39 is 16.9 Å². The molecule has 3 heterocycles. The van der Waals surface area contributed by atoms with E-state index in [1.165, 1.54) is 6.26 Å². The van der Waals surface area contributed by atoms with Gasteiger partial charge < -0.3 is 9.73 Å². The van der Waals surface area contributed by atoms with Crippen LogP contribution in [0.2, 0.25) is 0 Å². The summed E-state index contributed by atoms with van der Waals surface area (Å²) in [7, 11) is 1.81. The Morgan fingerprint density at radius 3 is 2.35 bits per heavy atom. The number of amides is 1.